The van der Waals surface area contributed by atoms with Gasteiger partial charge in [-0.15, -0.1) is 11.3 Å². The van der Waals surface area contributed by atoms with Crippen molar-refractivity contribution in [2.24, 2.45) is 5.10 Å². The summed E-state index contributed by atoms with van der Waals surface area (Å²) in [7, 11) is 1.40. The Hall–Kier alpha value is -3.91. The van der Waals surface area contributed by atoms with Crippen LogP contribution in [0.4, 0.5) is 5.00 Å². The molecule has 0 atom stereocenters. The van der Waals surface area contributed by atoms with Gasteiger partial charge in [0.15, 0.2) is 11.5 Å². The number of halogens is 2. The van der Waals surface area contributed by atoms with Gasteiger partial charge >= 0.3 is 17.8 Å². The van der Waals surface area contributed by atoms with Crippen LogP contribution < -0.4 is 20.2 Å². The molecule has 0 radical (unpaired) electrons. The molecule has 0 bridgehead atoms. The van der Waals surface area contributed by atoms with Crippen LogP contribution in [0.5, 0.6) is 11.5 Å². The Morgan fingerprint density at radius 1 is 1.08 bits per heavy atom. The van der Waals surface area contributed by atoms with Gasteiger partial charge in [-0.2, -0.15) is 10.4 Å². The molecular formula is C26H20Cl2N4O5S. The third-order valence-electron chi connectivity index (χ3n) is 5.64. The predicted octanol–water partition coefficient (Wildman–Crippen LogP) is 5.12. The van der Waals surface area contributed by atoms with Gasteiger partial charge in [0.1, 0.15) is 11.1 Å². The highest BCUT2D eigenvalue weighted by Crippen LogP contribution is 2.37. The van der Waals surface area contributed by atoms with Crippen molar-refractivity contribution >= 4 is 63.5 Å². The van der Waals surface area contributed by atoms with E-state index in [1.165, 1.54) is 55.0 Å². The molecule has 0 unspecified atom stereocenters. The first-order valence-corrected chi connectivity index (χ1v) is 12.9. The first kappa shape index (κ1) is 27.1. The number of carbonyl (C=O) groups excluding carboxylic acids is 3. The highest BCUT2D eigenvalue weighted by molar-refractivity contribution is 7.16. The van der Waals surface area contributed by atoms with Crippen molar-refractivity contribution < 1.29 is 23.9 Å². The second-order valence-electron chi connectivity index (χ2n) is 8.10. The van der Waals surface area contributed by atoms with E-state index in [-0.39, 0.29) is 22.1 Å². The Morgan fingerprint density at radius 2 is 1.87 bits per heavy atom. The molecule has 0 spiro atoms. The van der Waals surface area contributed by atoms with Crippen molar-refractivity contribution in [2.75, 3.05) is 12.4 Å². The summed E-state index contributed by atoms with van der Waals surface area (Å²) in [5.41, 5.74) is 4.15. The van der Waals surface area contributed by atoms with E-state index in [0.29, 0.717) is 21.2 Å². The van der Waals surface area contributed by atoms with Gasteiger partial charge < -0.3 is 14.8 Å². The summed E-state index contributed by atoms with van der Waals surface area (Å²) < 4.78 is 10.7. The quantitative estimate of drug-likeness (QED) is 0.139. The van der Waals surface area contributed by atoms with Crippen LogP contribution in [0.2, 0.25) is 10.0 Å². The second kappa shape index (κ2) is 12.1. The van der Waals surface area contributed by atoms with Crippen molar-refractivity contribution in [3.05, 3.63) is 73.6 Å². The number of hydrazone groups is 1. The third kappa shape index (κ3) is 6.14. The topological polar surface area (TPSA) is 130 Å². The number of rotatable bonds is 6. The van der Waals surface area contributed by atoms with Gasteiger partial charge in [-0.3, -0.25) is 9.59 Å². The lowest BCUT2D eigenvalue weighted by Crippen LogP contribution is -2.32. The molecule has 38 heavy (non-hydrogen) atoms. The monoisotopic (exact) mass is 570 g/mol. The lowest BCUT2D eigenvalue weighted by atomic mass is 9.96. The molecule has 9 nitrogen and oxygen atoms in total. The number of esters is 1. The van der Waals surface area contributed by atoms with Gasteiger partial charge in [0.25, 0.3) is 0 Å². The molecule has 0 saturated carbocycles. The summed E-state index contributed by atoms with van der Waals surface area (Å²) in [5.74, 6) is -2.26. The summed E-state index contributed by atoms with van der Waals surface area (Å²) in [5, 5.41) is 16.7. The Labute approximate surface area is 232 Å². The maximum atomic E-state index is 12.5. The number of ether oxygens (including phenoxy) is 2. The smallest absolute Gasteiger partial charge is 0.345 e. The van der Waals surface area contributed by atoms with Gasteiger partial charge in [-0.25, -0.2) is 10.2 Å². The van der Waals surface area contributed by atoms with E-state index in [4.69, 9.17) is 32.7 Å². The van der Waals surface area contributed by atoms with Crippen LogP contribution in [-0.4, -0.2) is 31.1 Å². The highest BCUT2D eigenvalue weighted by Gasteiger charge is 2.23. The van der Waals surface area contributed by atoms with E-state index < -0.39 is 17.8 Å². The van der Waals surface area contributed by atoms with Gasteiger partial charge in [0.05, 0.1) is 29.5 Å². The molecule has 0 saturated heterocycles. The zero-order chi connectivity index (χ0) is 27.2. The predicted molar refractivity (Wildman–Crippen MR) is 144 cm³/mol. The number of thiophene rings is 1. The van der Waals surface area contributed by atoms with Gasteiger partial charge in [-0.1, -0.05) is 23.2 Å². The average Bonchev–Trinajstić information content (AvgIpc) is 3.25. The number of benzene rings is 2. The summed E-state index contributed by atoms with van der Waals surface area (Å²) >= 11 is 13.3. The molecule has 1 heterocycles. The Balaban J connectivity index is 1.38. The van der Waals surface area contributed by atoms with Gasteiger partial charge in [0.2, 0.25) is 0 Å². The van der Waals surface area contributed by atoms with E-state index >= 15 is 0 Å². The molecule has 1 aliphatic carbocycles. The molecule has 194 valence electrons. The molecule has 2 N–H and O–H groups in total. The van der Waals surface area contributed by atoms with Crippen LogP contribution in [0.1, 0.15) is 44.8 Å². The fourth-order valence-corrected chi connectivity index (χ4v) is 5.53. The normalized spacial score (nSPS) is 12.4. The number of anilines is 1. The zero-order valence-electron chi connectivity index (χ0n) is 20.0. The standard InChI is InChI=1S/C26H20Cl2N4O5S/c1-36-21-10-14(6-9-20(21)37-26(35)17-8-7-15(27)11-19(17)28)13-30-32-24(34)23(33)31-25-18(12-29)16-4-2-3-5-22(16)38-25/h6-11,13H,2-5H2,1H3,(H,31,33)(H,32,34). The van der Waals surface area contributed by atoms with E-state index in [1.807, 2.05) is 0 Å². The minimum absolute atomic E-state index is 0.134. The Morgan fingerprint density at radius 3 is 2.61 bits per heavy atom. The number of hydrogen-bond acceptors (Lipinski definition) is 8. The molecule has 4 rings (SSSR count). The largest absolute Gasteiger partial charge is 0.493 e. The van der Waals surface area contributed by atoms with Crippen LogP contribution in [-0.2, 0) is 22.4 Å². The van der Waals surface area contributed by atoms with Gasteiger partial charge in [0, 0.05) is 9.90 Å². The first-order valence-electron chi connectivity index (χ1n) is 11.3. The zero-order valence-corrected chi connectivity index (χ0v) is 22.3. The number of amides is 2. The van der Waals surface area contributed by atoms with Crippen molar-refractivity contribution in [3.63, 3.8) is 0 Å². The number of fused-ring (bicyclic) bond motifs is 1. The lowest BCUT2D eigenvalue weighted by Gasteiger charge is -2.10. The van der Waals surface area contributed by atoms with E-state index in [1.54, 1.807) is 6.07 Å². The third-order valence-corrected chi connectivity index (χ3v) is 7.39. The van der Waals surface area contributed by atoms with E-state index in [9.17, 15) is 19.6 Å². The molecule has 1 aromatic heterocycles. The van der Waals surface area contributed by atoms with E-state index in [0.717, 1.165) is 36.1 Å². The van der Waals surface area contributed by atoms with Crippen molar-refractivity contribution in [2.45, 2.75) is 25.7 Å². The van der Waals surface area contributed by atoms with Crippen LogP contribution in [0.15, 0.2) is 41.5 Å². The summed E-state index contributed by atoms with van der Waals surface area (Å²) in [4.78, 5) is 38.2. The number of nitriles is 1. The molecule has 2 amide bonds. The minimum atomic E-state index is -0.992. The Bertz CT molecular complexity index is 1500. The number of nitrogens with one attached hydrogen (secondary N) is 2. The van der Waals surface area contributed by atoms with Crippen LogP contribution in [0.25, 0.3) is 0 Å². The van der Waals surface area contributed by atoms with Crippen molar-refractivity contribution in [3.8, 4) is 17.6 Å². The van der Waals surface area contributed by atoms with Crippen molar-refractivity contribution in [1.29, 1.82) is 5.26 Å². The van der Waals surface area contributed by atoms with Crippen LogP contribution in [0.3, 0.4) is 0 Å². The summed E-state index contributed by atoms with van der Waals surface area (Å²) in [6.45, 7) is 0. The molecule has 0 fully saturated rings. The minimum Gasteiger partial charge on any atom is -0.493 e. The number of nitrogens with zero attached hydrogens (tertiary/aromatic N) is 2. The molecule has 12 heteroatoms. The molecule has 0 aliphatic heterocycles. The molecule has 3 aromatic rings. The highest BCUT2D eigenvalue weighted by atomic mass is 35.5. The SMILES string of the molecule is COc1cc(C=NNC(=O)C(=O)Nc2sc3c(c2C#N)CCCC3)ccc1OC(=O)c1ccc(Cl)cc1Cl. The fraction of sp³-hybridized carbons (Fsp3) is 0.192. The Kier molecular flexibility index (Phi) is 8.63. The maximum absolute atomic E-state index is 12.5. The van der Waals surface area contributed by atoms with Crippen LogP contribution >= 0.6 is 34.5 Å². The number of hydrogen-bond donors (Lipinski definition) is 2. The number of aryl methyl sites for hydroxylation is 1. The summed E-state index contributed by atoms with van der Waals surface area (Å²) in [6, 6.07) is 11.1. The van der Waals surface area contributed by atoms with Gasteiger partial charge in [-0.05, 0) is 73.2 Å². The average molecular weight is 571 g/mol. The maximum Gasteiger partial charge on any atom is 0.345 e. The lowest BCUT2D eigenvalue weighted by molar-refractivity contribution is -0.136. The number of carbonyl (C=O) groups is 3. The fourth-order valence-electron chi connectivity index (χ4n) is 3.81. The van der Waals surface area contributed by atoms with E-state index in [2.05, 4.69) is 21.9 Å². The summed E-state index contributed by atoms with van der Waals surface area (Å²) in [6.07, 6.45) is 4.96. The molecular weight excluding hydrogens is 551 g/mol. The first-order chi connectivity index (χ1) is 18.3. The molecule has 1 aliphatic rings. The number of methoxy groups -OCH3 is 1. The second-order valence-corrected chi connectivity index (χ2v) is 10.1. The van der Waals surface area contributed by atoms with Crippen LogP contribution in [0, 0.1) is 11.3 Å². The molecule has 2 aromatic carbocycles. The van der Waals surface area contributed by atoms with Crippen molar-refractivity contribution in [1.82, 2.24) is 5.43 Å².